The van der Waals surface area contributed by atoms with E-state index in [2.05, 4.69) is 9.88 Å². The monoisotopic (exact) mass is 517 g/mol. The number of hydrogen-bond donors (Lipinski definition) is 0. The van der Waals surface area contributed by atoms with Crippen LogP contribution in [0, 0.1) is 0 Å². The number of rotatable bonds is 11. The predicted molar refractivity (Wildman–Crippen MR) is 138 cm³/mol. The number of hydrogen-bond acceptors (Lipinski definition) is 8. The predicted octanol–water partition coefficient (Wildman–Crippen LogP) is 3.61. The topological polar surface area (TPSA) is 89.0 Å². The Hall–Kier alpha value is -2.53. The van der Waals surface area contributed by atoms with Gasteiger partial charge in [0.05, 0.1) is 41.2 Å². The molecule has 1 aromatic heterocycles. The van der Waals surface area contributed by atoms with Crippen molar-refractivity contribution in [2.45, 2.75) is 24.2 Å². The van der Waals surface area contributed by atoms with E-state index in [0.717, 1.165) is 49.5 Å². The normalized spacial score (nSPS) is 14.8. The van der Waals surface area contributed by atoms with Gasteiger partial charge in [-0.25, -0.2) is 13.4 Å². The fourth-order valence-electron chi connectivity index (χ4n) is 4.03. The summed E-state index contributed by atoms with van der Waals surface area (Å²) >= 11 is 1.49. The third-order valence-corrected chi connectivity index (χ3v) is 8.87. The van der Waals surface area contributed by atoms with E-state index < -0.39 is 9.84 Å². The van der Waals surface area contributed by atoms with Crippen molar-refractivity contribution < 1.29 is 22.7 Å². The van der Waals surface area contributed by atoms with Gasteiger partial charge in [-0.05, 0) is 49.2 Å². The number of thiazole rings is 1. The summed E-state index contributed by atoms with van der Waals surface area (Å²) in [5.41, 5.74) is 0.862. The Morgan fingerprint density at radius 2 is 1.86 bits per heavy atom. The van der Waals surface area contributed by atoms with Gasteiger partial charge in [0.1, 0.15) is 5.75 Å². The number of benzene rings is 2. The van der Waals surface area contributed by atoms with Crippen LogP contribution in [0.3, 0.4) is 0 Å². The van der Waals surface area contributed by atoms with Gasteiger partial charge in [-0.1, -0.05) is 23.5 Å². The summed E-state index contributed by atoms with van der Waals surface area (Å²) in [4.78, 5) is 22.2. The quantitative estimate of drug-likeness (QED) is 0.384. The molecule has 1 aliphatic heterocycles. The molecule has 4 rings (SSSR count). The lowest BCUT2D eigenvalue weighted by Gasteiger charge is -2.27. The summed E-state index contributed by atoms with van der Waals surface area (Å²) in [6, 6.07) is 14.1. The zero-order valence-electron chi connectivity index (χ0n) is 19.9. The van der Waals surface area contributed by atoms with E-state index in [0.29, 0.717) is 17.4 Å². The van der Waals surface area contributed by atoms with Gasteiger partial charge in [0.2, 0.25) is 5.91 Å². The van der Waals surface area contributed by atoms with Crippen LogP contribution in [0.25, 0.3) is 10.2 Å². The lowest BCUT2D eigenvalue weighted by atomic mass is 10.2. The maximum Gasteiger partial charge on any atom is 0.228 e. The van der Waals surface area contributed by atoms with Crippen molar-refractivity contribution in [1.82, 2.24) is 9.88 Å². The second kappa shape index (κ2) is 11.9. The Morgan fingerprint density at radius 3 is 2.57 bits per heavy atom. The zero-order valence-corrected chi connectivity index (χ0v) is 21.5. The van der Waals surface area contributed by atoms with Gasteiger partial charge < -0.3 is 9.47 Å². The second-order valence-corrected chi connectivity index (χ2v) is 11.5. The van der Waals surface area contributed by atoms with Gasteiger partial charge in [-0.15, -0.1) is 0 Å². The van der Waals surface area contributed by atoms with Crippen molar-refractivity contribution in [2.24, 2.45) is 0 Å². The third kappa shape index (κ3) is 6.78. The van der Waals surface area contributed by atoms with Crippen molar-refractivity contribution in [3.05, 3.63) is 48.5 Å². The average Bonchev–Trinajstić information content (AvgIpc) is 3.31. The maximum atomic E-state index is 13.3. The van der Waals surface area contributed by atoms with Gasteiger partial charge >= 0.3 is 0 Å². The molecule has 2 heterocycles. The number of para-hydroxylation sites is 1. The molecule has 0 N–H and O–H groups in total. The van der Waals surface area contributed by atoms with E-state index in [1.165, 1.54) is 30.6 Å². The number of ether oxygens (including phenoxy) is 2. The molecule has 1 saturated heterocycles. The third-order valence-electron chi connectivity index (χ3n) is 6.00. The van der Waals surface area contributed by atoms with E-state index in [1.54, 1.807) is 17.0 Å². The summed E-state index contributed by atoms with van der Waals surface area (Å²) in [5.74, 6) is 0.408. The first-order chi connectivity index (χ1) is 17.0. The maximum absolute atomic E-state index is 13.3. The summed E-state index contributed by atoms with van der Waals surface area (Å²) in [7, 11) is -1.95. The Morgan fingerprint density at radius 1 is 1.11 bits per heavy atom. The molecule has 3 aromatic rings. The molecule has 0 atom stereocenters. The number of nitrogens with zero attached hydrogens (tertiary/aromatic N) is 3. The second-order valence-electron chi connectivity index (χ2n) is 8.42. The Bertz CT molecular complexity index is 1190. The van der Waals surface area contributed by atoms with Crippen LogP contribution in [-0.4, -0.2) is 76.5 Å². The van der Waals surface area contributed by atoms with Gasteiger partial charge in [0.25, 0.3) is 0 Å². The highest BCUT2D eigenvalue weighted by Crippen LogP contribution is 2.29. The first kappa shape index (κ1) is 25.6. The lowest BCUT2D eigenvalue weighted by Crippen LogP contribution is -2.39. The van der Waals surface area contributed by atoms with Crippen LogP contribution in [0.4, 0.5) is 5.13 Å². The molecule has 1 fully saturated rings. The van der Waals surface area contributed by atoms with Crippen LogP contribution in [0.15, 0.2) is 53.4 Å². The standard InChI is InChI=1S/C25H31N3O5S2/c1-32-20-9-11-21(12-10-20)35(30,31)19-4-8-24(29)28(14-5-13-27-15-17-33-18-16-27)25-26-22-6-2-3-7-23(22)34-25/h2-3,6-7,9-12H,4-5,8,13-19H2,1H3. The van der Waals surface area contributed by atoms with E-state index in [9.17, 15) is 13.2 Å². The molecule has 0 radical (unpaired) electrons. The first-order valence-corrected chi connectivity index (χ1v) is 14.3. The van der Waals surface area contributed by atoms with Gasteiger partial charge in [-0.3, -0.25) is 14.6 Å². The molecule has 2 aromatic carbocycles. The van der Waals surface area contributed by atoms with Crippen LogP contribution in [0.2, 0.25) is 0 Å². The lowest BCUT2D eigenvalue weighted by molar-refractivity contribution is -0.118. The highest BCUT2D eigenvalue weighted by molar-refractivity contribution is 7.91. The smallest absolute Gasteiger partial charge is 0.228 e. The summed E-state index contributed by atoms with van der Waals surface area (Å²) in [6.45, 7) is 4.70. The number of morpholine rings is 1. The van der Waals surface area contributed by atoms with Crippen molar-refractivity contribution in [3.63, 3.8) is 0 Å². The van der Waals surface area contributed by atoms with Gasteiger partial charge in [0.15, 0.2) is 15.0 Å². The van der Waals surface area contributed by atoms with Crippen molar-refractivity contribution >= 4 is 42.4 Å². The molecular weight excluding hydrogens is 486 g/mol. The minimum absolute atomic E-state index is 0.0907. The average molecular weight is 518 g/mol. The van der Waals surface area contributed by atoms with Crippen LogP contribution in [-0.2, 0) is 19.4 Å². The molecule has 35 heavy (non-hydrogen) atoms. The molecule has 0 bridgehead atoms. The van der Waals surface area contributed by atoms with Crippen molar-refractivity contribution in [2.75, 3.05) is 57.2 Å². The van der Waals surface area contributed by atoms with Crippen LogP contribution < -0.4 is 9.64 Å². The molecule has 8 nitrogen and oxygen atoms in total. The molecule has 1 aliphatic rings. The molecular formula is C25H31N3O5S2. The summed E-state index contributed by atoms with van der Waals surface area (Å²) in [6.07, 6.45) is 1.20. The molecule has 10 heteroatoms. The molecule has 0 unspecified atom stereocenters. The molecule has 0 saturated carbocycles. The zero-order chi connectivity index (χ0) is 24.7. The largest absolute Gasteiger partial charge is 0.497 e. The van der Waals surface area contributed by atoms with Gasteiger partial charge in [-0.2, -0.15) is 0 Å². The Balaban J connectivity index is 1.39. The van der Waals surface area contributed by atoms with Crippen molar-refractivity contribution in [3.8, 4) is 5.75 Å². The molecule has 0 aliphatic carbocycles. The number of anilines is 1. The van der Waals surface area contributed by atoms with Crippen LogP contribution in [0.5, 0.6) is 5.75 Å². The van der Waals surface area contributed by atoms with E-state index in [4.69, 9.17) is 9.47 Å². The van der Waals surface area contributed by atoms with E-state index in [-0.39, 0.29) is 29.4 Å². The minimum atomic E-state index is -3.48. The van der Waals surface area contributed by atoms with E-state index >= 15 is 0 Å². The minimum Gasteiger partial charge on any atom is -0.497 e. The fourth-order valence-corrected chi connectivity index (χ4v) is 6.35. The van der Waals surface area contributed by atoms with Crippen LogP contribution in [0.1, 0.15) is 19.3 Å². The Kier molecular flexibility index (Phi) is 8.72. The fraction of sp³-hybridized carbons (Fsp3) is 0.440. The van der Waals surface area contributed by atoms with E-state index in [1.807, 2.05) is 24.3 Å². The van der Waals surface area contributed by atoms with Crippen LogP contribution >= 0.6 is 11.3 Å². The molecule has 1 amide bonds. The summed E-state index contributed by atoms with van der Waals surface area (Å²) < 4.78 is 37.0. The highest BCUT2D eigenvalue weighted by atomic mass is 32.2. The molecule has 0 spiro atoms. The number of aromatic nitrogens is 1. The first-order valence-electron chi connectivity index (χ1n) is 11.8. The number of methoxy groups -OCH3 is 1. The van der Waals surface area contributed by atoms with Crippen molar-refractivity contribution in [1.29, 1.82) is 0 Å². The molecule has 188 valence electrons. The Labute approximate surface area is 210 Å². The number of amides is 1. The number of carbonyl (C=O) groups is 1. The van der Waals surface area contributed by atoms with Gasteiger partial charge in [0, 0.05) is 32.6 Å². The highest BCUT2D eigenvalue weighted by Gasteiger charge is 2.22. The number of sulfone groups is 1. The number of fused-ring (bicyclic) bond motifs is 1. The summed E-state index contributed by atoms with van der Waals surface area (Å²) in [5, 5.41) is 0.663. The SMILES string of the molecule is COc1ccc(S(=O)(=O)CCCC(=O)N(CCCN2CCOCC2)c2nc3ccccc3s2)cc1. The number of carbonyl (C=O) groups excluding carboxylic acids is 1.